The lowest BCUT2D eigenvalue weighted by Crippen LogP contribution is -2.48. The molecular weight excluding hydrogens is 388 g/mol. The summed E-state index contributed by atoms with van der Waals surface area (Å²) in [6.45, 7) is 6.31. The van der Waals surface area contributed by atoms with Gasteiger partial charge in [0, 0.05) is 23.8 Å². The molecule has 3 amide bonds. The highest BCUT2D eigenvalue weighted by atomic mass is 32.1. The van der Waals surface area contributed by atoms with Crippen molar-refractivity contribution in [1.82, 2.24) is 20.4 Å². The van der Waals surface area contributed by atoms with Crippen LogP contribution >= 0.6 is 11.3 Å². The highest BCUT2D eigenvalue weighted by Crippen LogP contribution is 2.34. The van der Waals surface area contributed by atoms with Crippen LogP contribution in [0, 0.1) is 11.6 Å². The zero-order chi connectivity index (χ0) is 20.5. The van der Waals surface area contributed by atoms with Crippen LogP contribution in [-0.4, -0.2) is 39.1 Å². The topological polar surface area (TPSA) is 87.2 Å². The summed E-state index contributed by atoms with van der Waals surface area (Å²) in [5, 5.41) is 14.0. The van der Waals surface area contributed by atoms with Gasteiger partial charge in [0.2, 0.25) is 5.01 Å². The molecule has 150 valence electrons. The predicted octanol–water partition coefficient (Wildman–Crippen LogP) is 3.71. The Labute approximate surface area is 165 Å². The van der Waals surface area contributed by atoms with E-state index < -0.39 is 17.5 Å². The fraction of sp³-hybridized carbons (Fsp3) is 0.444. The first-order chi connectivity index (χ1) is 13.1. The van der Waals surface area contributed by atoms with Gasteiger partial charge in [-0.2, -0.15) is 0 Å². The molecule has 1 saturated heterocycles. The first-order valence-electron chi connectivity index (χ1n) is 8.82. The highest BCUT2D eigenvalue weighted by Gasteiger charge is 2.34. The van der Waals surface area contributed by atoms with Gasteiger partial charge in [-0.05, 0) is 45.7 Å². The highest BCUT2D eigenvalue weighted by molar-refractivity contribution is 7.13. The second kappa shape index (κ2) is 7.78. The van der Waals surface area contributed by atoms with E-state index in [4.69, 9.17) is 0 Å². The summed E-state index contributed by atoms with van der Waals surface area (Å²) < 4.78 is 26.3. The maximum absolute atomic E-state index is 13.3. The Kier molecular flexibility index (Phi) is 5.59. The van der Waals surface area contributed by atoms with E-state index in [2.05, 4.69) is 20.8 Å². The number of anilines is 1. The first kappa shape index (κ1) is 20.1. The molecule has 1 aliphatic heterocycles. The number of carbonyl (C=O) groups excluding carboxylic acids is 2. The number of hydrogen-bond donors (Lipinski definition) is 2. The molecule has 0 unspecified atom stereocenters. The molecule has 0 bridgehead atoms. The molecule has 7 nitrogen and oxygen atoms in total. The van der Waals surface area contributed by atoms with Gasteiger partial charge in [0.1, 0.15) is 5.01 Å². The molecule has 28 heavy (non-hydrogen) atoms. The maximum Gasteiger partial charge on any atom is 0.318 e. The zero-order valence-electron chi connectivity index (χ0n) is 15.8. The van der Waals surface area contributed by atoms with Crippen LogP contribution in [0.15, 0.2) is 18.2 Å². The molecule has 1 atom stereocenters. The lowest BCUT2D eigenvalue weighted by molar-refractivity contribution is 0.102. The van der Waals surface area contributed by atoms with Crippen molar-refractivity contribution < 1.29 is 18.4 Å². The number of hydrogen-bond acceptors (Lipinski definition) is 5. The summed E-state index contributed by atoms with van der Waals surface area (Å²) in [4.78, 5) is 26.5. The molecule has 3 rings (SSSR count). The summed E-state index contributed by atoms with van der Waals surface area (Å²) in [7, 11) is 0. The Morgan fingerprint density at radius 1 is 1.21 bits per heavy atom. The number of rotatable bonds is 3. The lowest BCUT2D eigenvalue weighted by Gasteiger charge is -2.28. The molecule has 0 spiro atoms. The number of urea groups is 1. The minimum atomic E-state index is -1.05. The van der Waals surface area contributed by atoms with Crippen molar-refractivity contribution >= 4 is 29.0 Å². The van der Waals surface area contributed by atoms with Crippen LogP contribution in [0.2, 0.25) is 0 Å². The minimum absolute atomic E-state index is 0.0859. The Morgan fingerprint density at radius 2 is 1.96 bits per heavy atom. The molecule has 0 saturated carbocycles. The summed E-state index contributed by atoms with van der Waals surface area (Å²) in [6, 6.07) is 2.65. The number of benzene rings is 1. The Balaban J connectivity index is 1.71. The van der Waals surface area contributed by atoms with Crippen molar-refractivity contribution in [3.63, 3.8) is 0 Å². The zero-order valence-corrected chi connectivity index (χ0v) is 16.6. The van der Waals surface area contributed by atoms with E-state index in [1.54, 1.807) is 4.90 Å². The van der Waals surface area contributed by atoms with E-state index in [1.165, 1.54) is 6.07 Å². The third-order valence-electron chi connectivity index (χ3n) is 4.09. The third-order valence-corrected chi connectivity index (χ3v) is 5.12. The van der Waals surface area contributed by atoms with E-state index >= 15 is 0 Å². The molecule has 1 aliphatic rings. The van der Waals surface area contributed by atoms with Crippen LogP contribution in [-0.2, 0) is 0 Å². The molecule has 2 N–H and O–H groups in total. The number of amides is 3. The van der Waals surface area contributed by atoms with Gasteiger partial charge in [-0.1, -0.05) is 11.3 Å². The average Bonchev–Trinajstić information content (AvgIpc) is 3.25. The SMILES string of the molecule is CC(C)(C)NC(=O)N1CCC[C@@H]1c1nnc(C(=O)Nc2ccc(F)c(F)c2)s1. The Morgan fingerprint density at radius 3 is 2.64 bits per heavy atom. The molecule has 10 heteroatoms. The molecule has 1 fully saturated rings. The van der Waals surface area contributed by atoms with Crippen LogP contribution in [0.5, 0.6) is 0 Å². The molecular formula is C18H21F2N5O2S. The van der Waals surface area contributed by atoms with E-state index in [0.717, 1.165) is 36.3 Å². The van der Waals surface area contributed by atoms with Crippen molar-refractivity contribution in [1.29, 1.82) is 0 Å². The smallest absolute Gasteiger partial charge is 0.318 e. The van der Waals surface area contributed by atoms with Crippen molar-refractivity contribution in [3.8, 4) is 0 Å². The van der Waals surface area contributed by atoms with E-state index in [0.29, 0.717) is 11.6 Å². The largest absolute Gasteiger partial charge is 0.333 e. The first-order valence-corrected chi connectivity index (χ1v) is 9.64. The number of halogens is 2. The van der Waals surface area contributed by atoms with Crippen molar-refractivity contribution in [2.75, 3.05) is 11.9 Å². The molecule has 1 aromatic heterocycles. The summed E-state index contributed by atoms with van der Waals surface area (Å²) in [5.74, 6) is -2.62. The predicted molar refractivity (Wildman–Crippen MR) is 101 cm³/mol. The van der Waals surface area contributed by atoms with E-state index in [9.17, 15) is 18.4 Å². The second-order valence-electron chi connectivity index (χ2n) is 7.56. The van der Waals surface area contributed by atoms with Gasteiger partial charge in [0.15, 0.2) is 11.6 Å². The Hall–Kier alpha value is -2.62. The van der Waals surface area contributed by atoms with Gasteiger partial charge in [-0.15, -0.1) is 10.2 Å². The number of nitrogens with zero attached hydrogens (tertiary/aromatic N) is 3. The van der Waals surface area contributed by atoms with Crippen molar-refractivity contribution in [2.24, 2.45) is 0 Å². The van der Waals surface area contributed by atoms with Crippen molar-refractivity contribution in [3.05, 3.63) is 39.8 Å². The van der Waals surface area contributed by atoms with Gasteiger partial charge in [0.05, 0.1) is 6.04 Å². The summed E-state index contributed by atoms with van der Waals surface area (Å²) in [6.07, 6.45) is 1.56. The summed E-state index contributed by atoms with van der Waals surface area (Å²) in [5.41, 5.74) is -0.242. The maximum atomic E-state index is 13.3. The fourth-order valence-corrected chi connectivity index (χ4v) is 3.76. The monoisotopic (exact) mass is 409 g/mol. The normalized spacial score (nSPS) is 16.9. The number of nitrogens with one attached hydrogen (secondary N) is 2. The van der Waals surface area contributed by atoms with Crippen LogP contribution in [0.1, 0.15) is 54.5 Å². The van der Waals surface area contributed by atoms with Crippen molar-refractivity contribution in [2.45, 2.75) is 45.2 Å². The van der Waals surface area contributed by atoms with Crippen LogP contribution < -0.4 is 10.6 Å². The lowest BCUT2D eigenvalue weighted by atomic mass is 10.1. The molecule has 2 aromatic rings. The van der Waals surface area contributed by atoms with E-state index in [-0.39, 0.29) is 28.3 Å². The van der Waals surface area contributed by atoms with Crippen LogP contribution in [0.3, 0.4) is 0 Å². The second-order valence-corrected chi connectivity index (χ2v) is 8.57. The number of carbonyl (C=O) groups is 2. The fourth-order valence-electron chi connectivity index (χ4n) is 2.88. The molecule has 0 aliphatic carbocycles. The third kappa shape index (κ3) is 4.61. The van der Waals surface area contributed by atoms with Gasteiger partial charge in [0.25, 0.3) is 5.91 Å². The standard InChI is InChI=1S/C18H21F2N5O2S/c1-18(2,3)22-17(27)25-8-4-5-13(25)15-23-24-16(28-15)14(26)21-10-6-7-11(19)12(20)9-10/h6-7,9,13H,4-5,8H2,1-3H3,(H,21,26)(H,22,27)/t13-/m1/s1. The summed E-state index contributed by atoms with van der Waals surface area (Å²) >= 11 is 1.08. The van der Waals surface area contributed by atoms with Crippen LogP contribution in [0.4, 0.5) is 19.3 Å². The van der Waals surface area contributed by atoms with Gasteiger partial charge in [-0.25, -0.2) is 13.6 Å². The Bertz CT molecular complexity index is 896. The van der Waals surface area contributed by atoms with E-state index in [1.807, 2.05) is 20.8 Å². The molecule has 0 radical (unpaired) electrons. The van der Waals surface area contributed by atoms with Crippen LogP contribution in [0.25, 0.3) is 0 Å². The quantitative estimate of drug-likeness (QED) is 0.809. The molecule has 2 heterocycles. The van der Waals surface area contributed by atoms with Gasteiger partial charge < -0.3 is 15.5 Å². The molecule has 1 aromatic carbocycles. The minimum Gasteiger partial charge on any atom is -0.333 e. The van der Waals surface area contributed by atoms with Gasteiger partial charge in [-0.3, -0.25) is 4.79 Å². The van der Waals surface area contributed by atoms with Gasteiger partial charge >= 0.3 is 6.03 Å². The average molecular weight is 409 g/mol. The number of aromatic nitrogens is 2. The number of likely N-dealkylation sites (tertiary alicyclic amines) is 1.